The van der Waals surface area contributed by atoms with E-state index in [9.17, 15) is 4.79 Å². The molecule has 2 saturated carbocycles. The van der Waals surface area contributed by atoms with E-state index in [1.54, 1.807) is 12.1 Å². The summed E-state index contributed by atoms with van der Waals surface area (Å²) in [4.78, 5) is 12.7. The zero-order chi connectivity index (χ0) is 16.2. The van der Waals surface area contributed by atoms with E-state index in [2.05, 4.69) is 5.32 Å². The second-order valence-electron chi connectivity index (χ2n) is 6.75. The van der Waals surface area contributed by atoms with Crippen molar-refractivity contribution in [2.45, 2.75) is 69.6 Å². The highest BCUT2D eigenvalue weighted by Gasteiger charge is 2.24. The number of nitrogens with one attached hydrogen (secondary N) is 1. The zero-order valence-corrected chi connectivity index (χ0v) is 15.4. The van der Waals surface area contributed by atoms with Gasteiger partial charge in [-0.15, -0.1) is 12.4 Å². The van der Waals surface area contributed by atoms with Gasteiger partial charge in [0.15, 0.2) is 0 Å². The number of hydrogen-bond donors (Lipinski definition) is 2. The van der Waals surface area contributed by atoms with Crippen molar-refractivity contribution in [3.8, 4) is 5.75 Å². The Kier molecular flexibility index (Phi) is 7.20. The second kappa shape index (κ2) is 8.93. The van der Waals surface area contributed by atoms with Crippen LogP contribution in [0.5, 0.6) is 5.75 Å². The molecule has 0 aliphatic heterocycles. The van der Waals surface area contributed by atoms with Crippen LogP contribution in [0.3, 0.4) is 0 Å². The van der Waals surface area contributed by atoms with Crippen molar-refractivity contribution < 1.29 is 9.53 Å². The molecule has 6 heteroatoms. The van der Waals surface area contributed by atoms with Crippen LogP contribution in [-0.4, -0.2) is 24.1 Å². The Labute approximate surface area is 154 Å². The van der Waals surface area contributed by atoms with Crippen LogP contribution in [0.4, 0.5) is 0 Å². The number of halogens is 2. The predicted octanol–water partition coefficient (Wildman–Crippen LogP) is 4.08. The van der Waals surface area contributed by atoms with Crippen molar-refractivity contribution in [2.75, 3.05) is 0 Å². The molecule has 0 unspecified atom stereocenters. The third-order valence-electron chi connectivity index (χ3n) is 4.89. The molecule has 0 saturated heterocycles. The van der Waals surface area contributed by atoms with Gasteiger partial charge in [-0.05, 0) is 69.6 Å². The van der Waals surface area contributed by atoms with Crippen LogP contribution >= 0.6 is 24.0 Å². The van der Waals surface area contributed by atoms with Gasteiger partial charge in [0.1, 0.15) is 5.75 Å². The lowest BCUT2D eigenvalue weighted by Crippen LogP contribution is -2.40. The lowest BCUT2D eigenvalue weighted by atomic mass is 9.91. The van der Waals surface area contributed by atoms with Crippen LogP contribution in [0.2, 0.25) is 5.02 Å². The van der Waals surface area contributed by atoms with Crippen LogP contribution in [0.25, 0.3) is 0 Å². The number of rotatable bonds is 4. The molecule has 1 aromatic rings. The molecule has 2 aliphatic rings. The lowest BCUT2D eigenvalue weighted by molar-refractivity contribution is 0.0918. The van der Waals surface area contributed by atoms with Crippen LogP contribution in [0, 0.1) is 0 Å². The SMILES string of the molecule is Cl.NC1CCC(NC(=O)c2cc(Cl)ccc2OC2CCCC2)CC1. The smallest absolute Gasteiger partial charge is 0.255 e. The molecular weight excluding hydrogens is 347 g/mol. The molecule has 2 fully saturated rings. The molecule has 0 atom stereocenters. The summed E-state index contributed by atoms with van der Waals surface area (Å²) in [5.74, 6) is 0.548. The van der Waals surface area contributed by atoms with Crippen molar-refractivity contribution >= 4 is 29.9 Å². The Morgan fingerprint density at radius 2 is 1.79 bits per heavy atom. The van der Waals surface area contributed by atoms with Gasteiger partial charge < -0.3 is 15.8 Å². The molecule has 0 heterocycles. The van der Waals surface area contributed by atoms with Crippen molar-refractivity contribution in [1.82, 2.24) is 5.32 Å². The Morgan fingerprint density at radius 3 is 2.46 bits per heavy atom. The van der Waals surface area contributed by atoms with Crippen LogP contribution in [-0.2, 0) is 0 Å². The molecule has 3 rings (SSSR count). The van der Waals surface area contributed by atoms with Gasteiger partial charge in [-0.1, -0.05) is 11.6 Å². The fourth-order valence-corrected chi connectivity index (χ4v) is 3.67. The van der Waals surface area contributed by atoms with Gasteiger partial charge in [-0.2, -0.15) is 0 Å². The quantitative estimate of drug-likeness (QED) is 0.836. The molecule has 24 heavy (non-hydrogen) atoms. The fourth-order valence-electron chi connectivity index (χ4n) is 3.49. The molecule has 0 spiro atoms. The van der Waals surface area contributed by atoms with E-state index in [1.165, 1.54) is 12.8 Å². The Bertz CT molecular complexity index is 554. The fraction of sp³-hybridized carbons (Fsp3) is 0.611. The number of ether oxygens (including phenoxy) is 1. The second-order valence-corrected chi connectivity index (χ2v) is 7.19. The zero-order valence-electron chi connectivity index (χ0n) is 13.8. The summed E-state index contributed by atoms with van der Waals surface area (Å²) in [7, 11) is 0. The molecule has 1 aromatic carbocycles. The number of hydrogen-bond acceptors (Lipinski definition) is 3. The third kappa shape index (κ3) is 5.01. The maximum atomic E-state index is 12.7. The average molecular weight is 373 g/mol. The number of carbonyl (C=O) groups excluding carboxylic acids is 1. The molecular formula is C18H26Cl2N2O2. The highest BCUT2D eigenvalue weighted by atomic mass is 35.5. The highest BCUT2D eigenvalue weighted by molar-refractivity contribution is 6.31. The van der Waals surface area contributed by atoms with Gasteiger partial charge in [0.2, 0.25) is 0 Å². The van der Waals surface area contributed by atoms with Gasteiger partial charge in [-0.25, -0.2) is 0 Å². The minimum atomic E-state index is -0.0963. The molecule has 2 aliphatic carbocycles. The van der Waals surface area contributed by atoms with Crippen molar-refractivity contribution in [1.29, 1.82) is 0 Å². The minimum absolute atomic E-state index is 0. The molecule has 0 radical (unpaired) electrons. The van der Waals surface area contributed by atoms with Crippen molar-refractivity contribution in [3.05, 3.63) is 28.8 Å². The monoisotopic (exact) mass is 372 g/mol. The average Bonchev–Trinajstić information content (AvgIpc) is 3.04. The van der Waals surface area contributed by atoms with Crippen LogP contribution in [0.15, 0.2) is 18.2 Å². The normalized spacial score (nSPS) is 24.2. The molecule has 0 bridgehead atoms. The van der Waals surface area contributed by atoms with E-state index < -0.39 is 0 Å². The van der Waals surface area contributed by atoms with Crippen LogP contribution < -0.4 is 15.8 Å². The van der Waals surface area contributed by atoms with E-state index in [-0.39, 0.29) is 36.5 Å². The van der Waals surface area contributed by atoms with Gasteiger partial charge >= 0.3 is 0 Å². The first-order valence-electron chi connectivity index (χ1n) is 8.64. The maximum absolute atomic E-state index is 12.7. The first-order valence-corrected chi connectivity index (χ1v) is 9.02. The maximum Gasteiger partial charge on any atom is 0.255 e. The van der Waals surface area contributed by atoms with E-state index >= 15 is 0 Å². The highest BCUT2D eigenvalue weighted by Crippen LogP contribution is 2.29. The van der Waals surface area contributed by atoms with E-state index in [0.717, 1.165) is 38.5 Å². The number of amides is 1. The summed E-state index contributed by atoms with van der Waals surface area (Å²) in [5, 5.41) is 3.67. The van der Waals surface area contributed by atoms with Crippen LogP contribution in [0.1, 0.15) is 61.7 Å². The summed E-state index contributed by atoms with van der Waals surface area (Å²) in [5.41, 5.74) is 6.47. The summed E-state index contributed by atoms with van der Waals surface area (Å²) in [6.45, 7) is 0. The summed E-state index contributed by atoms with van der Waals surface area (Å²) in [6, 6.07) is 5.76. The van der Waals surface area contributed by atoms with Gasteiger partial charge in [0.05, 0.1) is 11.7 Å². The molecule has 0 aromatic heterocycles. The molecule has 134 valence electrons. The predicted molar refractivity (Wildman–Crippen MR) is 99.3 cm³/mol. The van der Waals surface area contributed by atoms with E-state index in [0.29, 0.717) is 16.3 Å². The summed E-state index contributed by atoms with van der Waals surface area (Å²) >= 11 is 6.09. The van der Waals surface area contributed by atoms with Gasteiger partial charge in [-0.3, -0.25) is 4.79 Å². The Morgan fingerprint density at radius 1 is 1.12 bits per heavy atom. The first-order chi connectivity index (χ1) is 11.1. The van der Waals surface area contributed by atoms with E-state index in [4.69, 9.17) is 22.1 Å². The van der Waals surface area contributed by atoms with E-state index in [1.807, 2.05) is 6.07 Å². The topological polar surface area (TPSA) is 64.3 Å². The standard InChI is InChI=1S/C18H25ClN2O2.ClH/c19-12-5-10-17(23-15-3-1-2-4-15)16(11-12)18(22)21-14-8-6-13(20)7-9-14;/h5,10-11,13-15H,1-4,6-9,20H2,(H,21,22);1H. The largest absolute Gasteiger partial charge is 0.490 e. The van der Waals surface area contributed by atoms with Gasteiger partial charge in [0, 0.05) is 17.1 Å². The summed E-state index contributed by atoms with van der Waals surface area (Å²) in [6.07, 6.45) is 8.53. The molecule has 1 amide bonds. The number of carbonyl (C=O) groups is 1. The van der Waals surface area contributed by atoms with Crippen molar-refractivity contribution in [3.63, 3.8) is 0 Å². The number of benzene rings is 1. The first kappa shape index (κ1) is 19.4. The van der Waals surface area contributed by atoms with Crippen molar-refractivity contribution in [2.24, 2.45) is 5.73 Å². The minimum Gasteiger partial charge on any atom is -0.490 e. The Balaban J connectivity index is 0.00000208. The van der Waals surface area contributed by atoms with Gasteiger partial charge in [0.25, 0.3) is 5.91 Å². The number of nitrogens with two attached hydrogens (primary N) is 1. The lowest BCUT2D eigenvalue weighted by Gasteiger charge is -2.27. The Hall–Kier alpha value is -0.970. The molecule has 4 nitrogen and oxygen atoms in total. The summed E-state index contributed by atoms with van der Waals surface area (Å²) < 4.78 is 6.05. The third-order valence-corrected chi connectivity index (χ3v) is 5.12. The molecule has 3 N–H and O–H groups in total.